The molecule has 0 aliphatic heterocycles. The molecule has 2 aromatic heterocycles. The summed E-state index contributed by atoms with van der Waals surface area (Å²) in [6.07, 6.45) is 1.03. The number of imidazole rings is 1. The maximum Gasteiger partial charge on any atom is 0.305 e. The lowest BCUT2D eigenvalue weighted by molar-refractivity contribution is -0.143. The van der Waals surface area contributed by atoms with Crippen molar-refractivity contribution in [2.75, 3.05) is 12.3 Å². The standard InChI is InChI=1S/C13H18N4O2/c1-3-19-11(18)5-4-8-17-12-10(16-13(17)14)7-6-9(2)15-12/h6-7H,3-5,8H2,1-2H3,(H2,14,16). The number of nitrogens with two attached hydrogens (primary N) is 1. The highest BCUT2D eigenvalue weighted by molar-refractivity contribution is 5.74. The van der Waals surface area contributed by atoms with E-state index in [4.69, 9.17) is 10.5 Å². The fourth-order valence-corrected chi connectivity index (χ4v) is 1.95. The lowest BCUT2D eigenvalue weighted by atomic mass is 10.3. The molecule has 2 rings (SSSR count). The summed E-state index contributed by atoms with van der Waals surface area (Å²) < 4.78 is 6.72. The highest BCUT2D eigenvalue weighted by Crippen LogP contribution is 2.17. The van der Waals surface area contributed by atoms with Crippen LogP contribution in [0.1, 0.15) is 25.5 Å². The lowest BCUT2D eigenvalue weighted by Gasteiger charge is -2.06. The zero-order valence-electron chi connectivity index (χ0n) is 11.2. The van der Waals surface area contributed by atoms with Gasteiger partial charge in [-0.1, -0.05) is 0 Å². The Balaban J connectivity index is 2.09. The van der Waals surface area contributed by atoms with Crippen molar-refractivity contribution in [3.63, 3.8) is 0 Å². The highest BCUT2D eigenvalue weighted by atomic mass is 16.5. The minimum atomic E-state index is -0.186. The predicted octanol–water partition coefficient (Wildman–Crippen LogP) is 1.67. The van der Waals surface area contributed by atoms with Crippen LogP contribution in [-0.2, 0) is 16.1 Å². The van der Waals surface area contributed by atoms with Crippen LogP contribution in [0.25, 0.3) is 11.2 Å². The van der Waals surface area contributed by atoms with Crippen LogP contribution < -0.4 is 5.73 Å². The number of anilines is 1. The lowest BCUT2D eigenvalue weighted by Crippen LogP contribution is -2.08. The summed E-state index contributed by atoms with van der Waals surface area (Å²) in [4.78, 5) is 20.0. The molecule has 0 unspecified atom stereocenters. The van der Waals surface area contributed by atoms with Crippen molar-refractivity contribution in [1.82, 2.24) is 14.5 Å². The minimum absolute atomic E-state index is 0.186. The number of ether oxygens (including phenoxy) is 1. The number of aryl methyl sites for hydroxylation is 2. The molecule has 0 aliphatic carbocycles. The summed E-state index contributed by atoms with van der Waals surface area (Å²) in [5.74, 6) is 0.242. The first-order valence-corrected chi connectivity index (χ1v) is 6.36. The Bertz CT molecular complexity index is 592. The van der Waals surface area contributed by atoms with Crippen LogP contribution in [0.2, 0.25) is 0 Å². The monoisotopic (exact) mass is 262 g/mol. The number of aromatic nitrogens is 3. The summed E-state index contributed by atoms with van der Waals surface area (Å²) in [5, 5.41) is 0. The van der Waals surface area contributed by atoms with E-state index in [1.165, 1.54) is 0 Å². The molecule has 0 amide bonds. The van der Waals surface area contributed by atoms with Crippen molar-refractivity contribution in [2.24, 2.45) is 0 Å². The Morgan fingerprint density at radius 2 is 2.21 bits per heavy atom. The number of hydrogen-bond donors (Lipinski definition) is 1. The van der Waals surface area contributed by atoms with E-state index in [0.717, 1.165) is 16.9 Å². The molecule has 0 bridgehead atoms. The third kappa shape index (κ3) is 3.01. The van der Waals surface area contributed by atoms with E-state index in [1.807, 2.05) is 23.6 Å². The van der Waals surface area contributed by atoms with E-state index >= 15 is 0 Å². The number of nitrogen functional groups attached to an aromatic ring is 1. The van der Waals surface area contributed by atoms with Gasteiger partial charge in [0.25, 0.3) is 0 Å². The Kier molecular flexibility index (Phi) is 3.99. The molecule has 6 nitrogen and oxygen atoms in total. The average Bonchev–Trinajstić information content (AvgIpc) is 2.66. The van der Waals surface area contributed by atoms with Crippen LogP contribution in [0.4, 0.5) is 5.95 Å². The highest BCUT2D eigenvalue weighted by Gasteiger charge is 2.10. The normalized spacial score (nSPS) is 10.8. The molecule has 0 radical (unpaired) electrons. The summed E-state index contributed by atoms with van der Waals surface area (Å²) >= 11 is 0. The van der Waals surface area contributed by atoms with Gasteiger partial charge < -0.3 is 10.5 Å². The van der Waals surface area contributed by atoms with Gasteiger partial charge in [-0.25, -0.2) is 9.97 Å². The molecule has 0 atom stereocenters. The molecule has 2 heterocycles. The molecule has 0 spiro atoms. The average molecular weight is 262 g/mol. The van der Waals surface area contributed by atoms with Crippen molar-refractivity contribution in [3.8, 4) is 0 Å². The number of hydrogen-bond acceptors (Lipinski definition) is 5. The van der Waals surface area contributed by atoms with Crippen LogP contribution >= 0.6 is 0 Å². The third-order valence-electron chi connectivity index (χ3n) is 2.83. The molecule has 2 N–H and O–H groups in total. The summed E-state index contributed by atoms with van der Waals surface area (Å²) in [6.45, 7) is 4.74. The first-order valence-electron chi connectivity index (χ1n) is 6.36. The van der Waals surface area contributed by atoms with E-state index in [1.54, 1.807) is 6.92 Å². The van der Waals surface area contributed by atoms with E-state index in [2.05, 4.69) is 9.97 Å². The van der Waals surface area contributed by atoms with Gasteiger partial charge >= 0.3 is 5.97 Å². The van der Waals surface area contributed by atoms with Crippen molar-refractivity contribution < 1.29 is 9.53 Å². The first-order chi connectivity index (χ1) is 9.11. The van der Waals surface area contributed by atoms with E-state index < -0.39 is 0 Å². The largest absolute Gasteiger partial charge is 0.466 e. The van der Waals surface area contributed by atoms with Crippen LogP contribution in [0.3, 0.4) is 0 Å². The van der Waals surface area contributed by atoms with Gasteiger partial charge in [0.2, 0.25) is 5.95 Å². The zero-order chi connectivity index (χ0) is 13.8. The smallest absolute Gasteiger partial charge is 0.305 e. The maximum absolute atomic E-state index is 11.3. The molecule has 0 aromatic carbocycles. The Labute approximate surface area is 111 Å². The van der Waals surface area contributed by atoms with Gasteiger partial charge in [0.15, 0.2) is 5.65 Å². The van der Waals surface area contributed by atoms with Crippen molar-refractivity contribution in [2.45, 2.75) is 33.2 Å². The van der Waals surface area contributed by atoms with Crippen LogP contribution in [0.15, 0.2) is 12.1 Å². The molecule has 2 aromatic rings. The third-order valence-corrected chi connectivity index (χ3v) is 2.83. The van der Waals surface area contributed by atoms with Gasteiger partial charge in [0.1, 0.15) is 5.52 Å². The fraction of sp³-hybridized carbons (Fsp3) is 0.462. The van der Waals surface area contributed by atoms with E-state index in [0.29, 0.717) is 31.9 Å². The van der Waals surface area contributed by atoms with Gasteiger partial charge in [-0.2, -0.15) is 0 Å². The molecule has 0 fully saturated rings. The number of esters is 1. The van der Waals surface area contributed by atoms with Gasteiger partial charge in [-0.15, -0.1) is 0 Å². The van der Waals surface area contributed by atoms with Gasteiger partial charge in [-0.3, -0.25) is 9.36 Å². The molecular formula is C13H18N4O2. The molecule has 0 aliphatic rings. The summed E-state index contributed by atoms with van der Waals surface area (Å²) in [7, 11) is 0. The van der Waals surface area contributed by atoms with E-state index in [9.17, 15) is 4.79 Å². The predicted molar refractivity (Wildman–Crippen MR) is 72.5 cm³/mol. The Morgan fingerprint density at radius 3 is 2.95 bits per heavy atom. The number of carbonyl (C=O) groups is 1. The van der Waals surface area contributed by atoms with Gasteiger partial charge in [0.05, 0.1) is 6.61 Å². The zero-order valence-corrected chi connectivity index (χ0v) is 11.2. The number of rotatable bonds is 5. The number of pyridine rings is 1. The topological polar surface area (TPSA) is 83.0 Å². The van der Waals surface area contributed by atoms with Crippen LogP contribution in [0.5, 0.6) is 0 Å². The van der Waals surface area contributed by atoms with Gasteiger partial charge in [-0.05, 0) is 32.4 Å². The molecule has 6 heteroatoms. The Morgan fingerprint density at radius 1 is 1.42 bits per heavy atom. The second-order valence-corrected chi connectivity index (χ2v) is 4.33. The number of fused-ring (bicyclic) bond motifs is 1. The van der Waals surface area contributed by atoms with Crippen LogP contribution in [-0.4, -0.2) is 27.1 Å². The van der Waals surface area contributed by atoms with Gasteiger partial charge in [0, 0.05) is 18.7 Å². The second-order valence-electron chi connectivity index (χ2n) is 4.33. The van der Waals surface area contributed by atoms with E-state index in [-0.39, 0.29) is 5.97 Å². The van der Waals surface area contributed by atoms with Crippen molar-refractivity contribution in [3.05, 3.63) is 17.8 Å². The first kappa shape index (κ1) is 13.3. The second kappa shape index (κ2) is 5.69. The minimum Gasteiger partial charge on any atom is -0.466 e. The molecule has 0 saturated heterocycles. The SMILES string of the molecule is CCOC(=O)CCCn1c(N)nc2ccc(C)nc21. The number of nitrogens with zero attached hydrogens (tertiary/aromatic N) is 3. The quantitative estimate of drug-likeness (QED) is 0.829. The fourth-order valence-electron chi connectivity index (χ4n) is 1.95. The maximum atomic E-state index is 11.3. The molecule has 19 heavy (non-hydrogen) atoms. The van der Waals surface area contributed by atoms with Crippen LogP contribution in [0, 0.1) is 6.92 Å². The summed E-state index contributed by atoms with van der Waals surface area (Å²) in [5.41, 5.74) is 8.33. The van der Waals surface area contributed by atoms with Crippen molar-refractivity contribution in [1.29, 1.82) is 0 Å². The number of carbonyl (C=O) groups excluding carboxylic acids is 1. The van der Waals surface area contributed by atoms with Crippen molar-refractivity contribution >= 4 is 23.1 Å². The Hall–Kier alpha value is -2.11. The molecule has 102 valence electrons. The molecular weight excluding hydrogens is 244 g/mol. The summed E-state index contributed by atoms with van der Waals surface area (Å²) in [6, 6.07) is 3.80. The molecule has 0 saturated carbocycles.